The first-order chi connectivity index (χ1) is 8.69. The van der Waals surface area contributed by atoms with Crippen LogP contribution in [0.4, 0.5) is 5.13 Å². The standard InChI is InChI=1S/C12H13N3O2S/c1-14-11(16)6-17-9-4-2-8(3-5-9)10-7-18-12(13)15-10/h2-5,7H,6H2,1H3,(H2,13,15)(H,14,16). The monoisotopic (exact) mass is 263 g/mol. The molecule has 94 valence electrons. The lowest BCUT2D eigenvalue weighted by atomic mass is 10.2. The molecule has 0 saturated carbocycles. The number of nitrogens with two attached hydrogens (primary N) is 1. The van der Waals surface area contributed by atoms with E-state index in [2.05, 4.69) is 10.3 Å². The van der Waals surface area contributed by atoms with Crippen molar-refractivity contribution in [1.29, 1.82) is 0 Å². The molecule has 6 heteroatoms. The third kappa shape index (κ3) is 2.98. The number of carbonyl (C=O) groups is 1. The maximum atomic E-state index is 11.0. The summed E-state index contributed by atoms with van der Waals surface area (Å²) in [4.78, 5) is 15.2. The van der Waals surface area contributed by atoms with Crippen molar-refractivity contribution in [2.45, 2.75) is 0 Å². The first-order valence-corrected chi connectivity index (χ1v) is 6.22. The number of nitrogens with zero attached hydrogens (tertiary/aromatic N) is 1. The summed E-state index contributed by atoms with van der Waals surface area (Å²) in [7, 11) is 1.57. The SMILES string of the molecule is CNC(=O)COc1ccc(-c2csc(N)n2)cc1. The number of rotatable bonds is 4. The summed E-state index contributed by atoms with van der Waals surface area (Å²) in [5.74, 6) is 0.483. The average molecular weight is 263 g/mol. The number of anilines is 1. The molecule has 3 N–H and O–H groups in total. The highest BCUT2D eigenvalue weighted by Crippen LogP contribution is 2.24. The number of nitrogen functional groups attached to an aromatic ring is 1. The van der Waals surface area contributed by atoms with Crippen molar-refractivity contribution in [1.82, 2.24) is 10.3 Å². The van der Waals surface area contributed by atoms with Gasteiger partial charge < -0.3 is 15.8 Å². The van der Waals surface area contributed by atoms with Crippen molar-refractivity contribution in [3.63, 3.8) is 0 Å². The van der Waals surface area contributed by atoms with E-state index in [-0.39, 0.29) is 12.5 Å². The number of amides is 1. The quantitative estimate of drug-likeness (QED) is 0.876. The molecule has 1 amide bonds. The van der Waals surface area contributed by atoms with Crippen molar-refractivity contribution in [2.75, 3.05) is 19.4 Å². The van der Waals surface area contributed by atoms with Crippen LogP contribution in [0.25, 0.3) is 11.3 Å². The van der Waals surface area contributed by atoms with Gasteiger partial charge in [0.2, 0.25) is 0 Å². The van der Waals surface area contributed by atoms with E-state index in [1.807, 2.05) is 17.5 Å². The van der Waals surface area contributed by atoms with Crippen molar-refractivity contribution >= 4 is 22.4 Å². The molecule has 0 aliphatic heterocycles. The minimum Gasteiger partial charge on any atom is -0.484 e. The number of nitrogens with one attached hydrogen (secondary N) is 1. The van der Waals surface area contributed by atoms with E-state index in [0.717, 1.165) is 11.3 Å². The Bertz CT molecular complexity index is 537. The minimum atomic E-state index is -0.161. The van der Waals surface area contributed by atoms with Crippen LogP contribution in [0.2, 0.25) is 0 Å². The van der Waals surface area contributed by atoms with Crippen molar-refractivity contribution < 1.29 is 9.53 Å². The van der Waals surface area contributed by atoms with E-state index in [4.69, 9.17) is 10.5 Å². The maximum Gasteiger partial charge on any atom is 0.257 e. The number of carbonyl (C=O) groups excluding carboxylic acids is 1. The molecule has 0 unspecified atom stereocenters. The van der Waals surface area contributed by atoms with Crippen LogP contribution in [-0.4, -0.2) is 24.5 Å². The molecule has 0 fully saturated rings. The van der Waals surface area contributed by atoms with E-state index in [1.165, 1.54) is 11.3 Å². The molecule has 0 radical (unpaired) electrons. The molecule has 0 saturated heterocycles. The number of aromatic nitrogens is 1. The van der Waals surface area contributed by atoms with Gasteiger partial charge in [-0.05, 0) is 24.3 Å². The zero-order valence-corrected chi connectivity index (χ0v) is 10.7. The highest BCUT2D eigenvalue weighted by molar-refractivity contribution is 7.13. The Kier molecular flexibility index (Phi) is 3.78. The highest BCUT2D eigenvalue weighted by Gasteiger charge is 2.03. The van der Waals surface area contributed by atoms with E-state index in [9.17, 15) is 4.79 Å². The molecule has 0 aliphatic carbocycles. The molecular weight excluding hydrogens is 250 g/mol. The molecular formula is C12H13N3O2S. The second-order valence-corrected chi connectivity index (χ2v) is 4.45. The second kappa shape index (κ2) is 5.50. The fourth-order valence-corrected chi connectivity index (χ4v) is 1.94. The van der Waals surface area contributed by atoms with E-state index in [1.54, 1.807) is 19.2 Å². The third-order valence-electron chi connectivity index (χ3n) is 2.32. The topological polar surface area (TPSA) is 77.2 Å². The predicted molar refractivity (Wildman–Crippen MR) is 71.5 cm³/mol. The third-order valence-corrected chi connectivity index (χ3v) is 2.99. The van der Waals surface area contributed by atoms with Crippen LogP contribution >= 0.6 is 11.3 Å². The lowest BCUT2D eigenvalue weighted by molar-refractivity contribution is -0.122. The lowest BCUT2D eigenvalue weighted by Gasteiger charge is -2.05. The van der Waals surface area contributed by atoms with Gasteiger partial charge in [0.05, 0.1) is 5.69 Å². The number of benzene rings is 1. The molecule has 0 bridgehead atoms. The van der Waals surface area contributed by atoms with Crippen LogP contribution in [-0.2, 0) is 4.79 Å². The molecule has 0 spiro atoms. The van der Waals surface area contributed by atoms with Gasteiger partial charge in [-0.2, -0.15) is 0 Å². The van der Waals surface area contributed by atoms with E-state index < -0.39 is 0 Å². The normalized spacial score (nSPS) is 10.1. The smallest absolute Gasteiger partial charge is 0.257 e. The first-order valence-electron chi connectivity index (χ1n) is 5.34. The molecule has 1 heterocycles. The van der Waals surface area contributed by atoms with Gasteiger partial charge in [0.25, 0.3) is 5.91 Å². The second-order valence-electron chi connectivity index (χ2n) is 3.56. The summed E-state index contributed by atoms with van der Waals surface area (Å²) in [6.45, 7) is 0.0134. The van der Waals surface area contributed by atoms with Gasteiger partial charge >= 0.3 is 0 Å². The molecule has 18 heavy (non-hydrogen) atoms. The number of hydrogen-bond donors (Lipinski definition) is 2. The Morgan fingerprint density at radius 2 is 2.17 bits per heavy atom. The van der Waals surface area contributed by atoms with Gasteiger partial charge in [-0.1, -0.05) is 0 Å². The van der Waals surface area contributed by atoms with Crippen LogP contribution < -0.4 is 15.8 Å². The fourth-order valence-electron chi connectivity index (χ4n) is 1.36. The maximum absolute atomic E-state index is 11.0. The highest BCUT2D eigenvalue weighted by atomic mass is 32.1. The van der Waals surface area contributed by atoms with Gasteiger partial charge in [-0.3, -0.25) is 4.79 Å². The zero-order chi connectivity index (χ0) is 13.0. The number of ether oxygens (including phenoxy) is 1. The summed E-state index contributed by atoms with van der Waals surface area (Å²) in [6.07, 6.45) is 0. The molecule has 2 aromatic rings. The number of likely N-dealkylation sites (N-methyl/N-ethyl adjacent to an activating group) is 1. The molecule has 1 aromatic carbocycles. The molecule has 0 aliphatic rings. The first kappa shape index (κ1) is 12.4. The van der Waals surface area contributed by atoms with Gasteiger partial charge in [0, 0.05) is 18.0 Å². The lowest BCUT2D eigenvalue weighted by Crippen LogP contribution is -2.24. The van der Waals surface area contributed by atoms with Crippen LogP contribution in [0.3, 0.4) is 0 Å². The van der Waals surface area contributed by atoms with Crippen LogP contribution in [0.15, 0.2) is 29.6 Å². The van der Waals surface area contributed by atoms with E-state index in [0.29, 0.717) is 10.9 Å². The fraction of sp³-hybridized carbons (Fsp3) is 0.167. The van der Waals surface area contributed by atoms with Gasteiger partial charge in [-0.15, -0.1) is 11.3 Å². The minimum absolute atomic E-state index is 0.0134. The Labute approximate surface area is 109 Å². The predicted octanol–water partition coefficient (Wildman–Crippen LogP) is 1.52. The molecule has 5 nitrogen and oxygen atoms in total. The molecule has 1 aromatic heterocycles. The van der Waals surface area contributed by atoms with Crippen LogP contribution in [0, 0.1) is 0 Å². The van der Waals surface area contributed by atoms with Gasteiger partial charge in [0.15, 0.2) is 11.7 Å². The summed E-state index contributed by atoms with van der Waals surface area (Å²) in [5, 5.41) is 4.93. The molecule has 2 rings (SSSR count). The average Bonchev–Trinajstić information content (AvgIpc) is 2.83. The van der Waals surface area contributed by atoms with Gasteiger partial charge in [0.1, 0.15) is 5.75 Å². The summed E-state index contributed by atoms with van der Waals surface area (Å²) in [6, 6.07) is 7.36. The summed E-state index contributed by atoms with van der Waals surface area (Å²) < 4.78 is 5.30. The van der Waals surface area contributed by atoms with Gasteiger partial charge in [-0.25, -0.2) is 4.98 Å². The van der Waals surface area contributed by atoms with Crippen molar-refractivity contribution in [3.05, 3.63) is 29.6 Å². The van der Waals surface area contributed by atoms with Crippen molar-refractivity contribution in [3.8, 4) is 17.0 Å². The summed E-state index contributed by atoms with van der Waals surface area (Å²) in [5.41, 5.74) is 7.39. The zero-order valence-electron chi connectivity index (χ0n) is 9.84. The van der Waals surface area contributed by atoms with Crippen molar-refractivity contribution in [2.24, 2.45) is 0 Å². The van der Waals surface area contributed by atoms with E-state index >= 15 is 0 Å². The Balaban J connectivity index is 2.03. The Morgan fingerprint density at radius 3 is 2.72 bits per heavy atom. The summed E-state index contributed by atoms with van der Waals surface area (Å²) >= 11 is 1.40. The number of thiazole rings is 1. The largest absolute Gasteiger partial charge is 0.484 e. The molecule has 0 atom stereocenters. The number of hydrogen-bond acceptors (Lipinski definition) is 5. The Morgan fingerprint density at radius 1 is 1.44 bits per heavy atom. The Hall–Kier alpha value is -2.08. The van der Waals surface area contributed by atoms with Crippen LogP contribution in [0.1, 0.15) is 0 Å². The van der Waals surface area contributed by atoms with Crippen LogP contribution in [0.5, 0.6) is 5.75 Å².